The molecule has 3 saturated heterocycles. The van der Waals surface area contributed by atoms with Crippen LogP contribution in [0.15, 0.2) is 43.1 Å². The zero-order valence-electron chi connectivity index (χ0n) is 15.1. The van der Waals surface area contributed by atoms with Crippen molar-refractivity contribution in [3.8, 4) is 5.75 Å². The van der Waals surface area contributed by atoms with Crippen molar-refractivity contribution in [3.63, 3.8) is 0 Å². The predicted molar refractivity (Wildman–Crippen MR) is 99.4 cm³/mol. The van der Waals surface area contributed by atoms with E-state index in [9.17, 15) is 5.11 Å². The van der Waals surface area contributed by atoms with E-state index in [4.69, 9.17) is 4.74 Å². The maximum absolute atomic E-state index is 11.3. The van der Waals surface area contributed by atoms with Gasteiger partial charge in [-0.15, -0.1) is 6.58 Å². The number of benzene rings is 1. The van der Waals surface area contributed by atoms with Gasteiger partial charge in [0.2, 0.25) is 0 Å². The Balaban J connectivity index is 1.73. The molecule has 0 saturated carbocycles. The lowest BCUT2D eigenvalue weighted by Gasteiger charge is -2.56. The number of aromatic nitrogens is 1. The van der Waals surface area contributed by atoms with Gasteiger partial charge in [0.05, 0.1) is 32.8 Å². The summed E-state index contributed by atoms with van der Waals surface area (Å²) < 4.78 is 6.31. The third-order valence-corrected chi connectivity index (χ3v) is 6.56. The summed E-state index contributed by atoms with van der Waals surface area (Å²) >= 11 is 0. The molecule has 132 valence electrons. The number of ether oxygens (including phenoxy) is 1. The molecule has 0 unspecified atom stereocenters. The Hall–Kier alpha value is -1.91. The molecule has 0 aliphatic carbocycles. The van der Waals surface area contributed by atoms with Crippen LogP contribution in [0.5, 0.6) is 5.75 Å². The number of aliphatic hydroxyl groups excluding tert-OH is 1. The highest BCUT2D eigenvalue weighted by Gasteiger charge is 2.51. The van der Waals surface area contributed by atoms with E-state index in [1.165, 1.54) is 6.42 Å². The van der Waals surface area contributed by atoms with Crippen molar-refractivity contribution in [1.29, 1.82) is 0 Å². The first-order chi connectivity index (χ1) is 12.1. The molecule has 4 heterocycles. The van der Waals surface area contributed by atoms with Crippen LogP contribution in [-0.4, -0.2) is 47.9 Å². The zero-order valence-corrected chi connectivity index (χ0v) is 15.1. The number of piperidine rings is 3. The fourth-order valence-corrected chi connectivity index (χ4v) is 5.03. The number of rotatable bonds is 4. The number of hydrogen-bond acceptors (Lipinski definition) is 3. The van der Waals surface area contributed by atoms with Gasteiger partial charge in [0.25, 0.3) is 0 Å². The first-order valence-electron chi connectivity index (χ1n) is 9.13. The van der Waals surface area contributed by atoms with E-state index in [2.05, 4.69) is 24.7 Å². The minimum atomic E-state index is -0.490. The molecule has 0 spiro atoms. The third kappa shape index (κ3) is 2.64. The lowest BCUT2D eigenvalue weighted by Crippen LogP contribution is -2.66. The van der Waals surface area contributed by atoms with Crippen LogP contribution in [0.2, 0.25) is 0 Å². The molecule has 2 aromatic rings. The second-order valence-corrected chi connectivity index (χ2v) is 7.87. The molecule has 3 fully saturated rings. The summed E-state index contributed by atoms with van der Waals surface area (Å²) in [4.78, 5) is 4.45. The maximum Gasteiger partial charge on any atom is 0.131 e. The van der Waals surface area contributed by atoms with E-state index < -0.39 is 6.10 Å². The number of likely N-dealkylation sites (N-methyl/N-ethyl adjacent to an activating group) is 1. The largest absolute Gasteiger partial charge is 0.497 e. The average Bonchev–Trinajstić information content (AvgIpc) is 2.66. The molecule has 5 atom stereocenters. The number of pyridine rings is 1. The van der Waals surface area contributed by atoms with E-state index >= 15 is 0 Å². The molecule has 25 heavy (non-hydrogen) atoms. The van der Waals surface area contributed by atoms with Gasteiger partial charge >= 0.3 is 0 Å². The summed E-state index contributed by atoms with van der Waals surface area (Å²) in [5.41, 5.74) is 1.87. The normalized spacial score (nSPS) is 32.5. The van der Waals surface area contributed by atoms with Gasteiger partial charge in [0.1, 0.15) is 17.9 Å². The van der Waals surface area contributed by atoms with Gasteiger partial charge in [0, 0.05) is 30.3 Å². The van der Waals surface area contributed by atoms with Crippen LogP contribution in [-0.2, 0) is 0 Å². The number of hydrogen-bond donors (Lipinski definition) is 1. The third-order valence-electron chi connectivity index (χ3n) is 6.56. The number of quaternary nitrogens is 1. The van der Waals surface area contributed by atoms with E-state index in [0.29, 0.717) is 11.8 Å². The van der Waals surface area contributed by atoms with Crippen LogP contribution in [0.3, 0.4) is 0 Å². The monoisotopic (exact) mass is 339 g/mol. The first-order valence-corrected chi connectivity index (χ1v) is 9.13. The van der Waals surface area contributed by atoms with Crippen LogP contribution in [0.1, 0.15) is 24.5 Å². The van der Waals surface area contributed by atoms with Gasteiger partial charge in [-0.25, -0.2) is 0 Å². The highest BCUT2D eigenvalue weighted by Crippen LogP contribution is 2.45. The molecule has 4 nitrogen and oxygen atoms in total. The second kappa shape index (κ2) is 6.11. The van der Waals surface area contributed by atoms with Crippen LogP contribution < -0.4 is 4.74 Å². The minimum Gasteiger partial charge on any atom is -0.497 e. The topological polar surface area (TPSA) is 42.4 Å². The molecule has 3 aliphatic rings. The van der Waals surface area contributed by atoms with Crippen LogP contribution in [0, 0.1) is 11.8 Å². The molecule has 5 rings (SSSR count). The quantitative estimate of drug-likeness (QED) is 0.686. The fourth-order valence-electron chi connectivity index (χ4n) is 5.03. The molecular formula is C21H27N2O2+. The second-order valence-electron chi connectivity index (χ2n) is 7.87. The van der Waals surface area contributed by atoms with E-state index in [-0.39, 0.29) is 6.04 Å². The molecule has 2 bridgehead atoms. The Morgan fingerprint density at radius 2 is 2.24 bits per heavy atom. The van der Waals surface area contributed by atoms with Crippen molar-refractivity contribution in [2.24, 2.45) is 11.8 Å². The highest BCUT2D eigenvalue weighted by molar-refractivity contribution is 5.83. The molecule has 1 aromatic heterocycles. The van der Waals surface area contributed by atoms with E-state index in [0.717, 1.165) is 46.2 Å². The lowest BCUT2D eigenvalue weighted by atomic mass is 9.72. The fraction of sp³-hybridized carbons (Fsp3) is 0.476. The summed E-state index contributed by atoms with van der Waals surface area (Å²) in [5, 5.41) is 12.3. The van der Waals surface area contributed by atoms with Gasteiger partial charge in [-0.05, 0) is 35.7 Å². The Bertz CT molecular complexity index is 806. The first kappa shape index (κ1) is 16.6. The Morgan fingerprint density at radius 3 is 2.96 bits per heavy atom. The van der Waals surface area contributed by atoms with Crippen molar-refractivity contribution in [2.75, 3.05) is 27.2 Å². The van der Waals surface area contributed by atoms with Gasteiger partial charge in [-0.3, -0.25) is 4.98 Å². The summed E-state index contributed by atoms with van der Waals surface area (Å²) in [5.74, 6) is 2.03. The Labute approximate surface area is 149 Å². The van der Waals surface area contributed by atoms with E-state index in [1.54, 1.807) is 13.3 Å². The van der Waals surface area contributed by atoms with E-state index in [1.807, 2.05) is 24.3 Å². The van der Waals surface area contributed by atoms with Crippen molar-refractivity contribution in [3.05, 3.63) is 48.7 Å². The van der Waals surface area contributed by atoms with Gasteiger partial charge in [-0.1, -0.05) is 6.08 Å². The average molecular weight is 339 g/mol. The Morgan fingerprint density at radius 1 is 1.40 bits per heavy atom. The summed E-state index contributed by atoms with van der Waals surface area (Å²) in [6.07, 6.45) is 5.73. The number of fused-ring (bicyclic) bond motifs is 4. The van der Waals surface area contributed by atoms with Crippen molar-refractivity contribution < 1.29 is 14.3 Å². The highest BCUT2D eigenvalue weighted by atomic mass is 16.5. The molecule has 4 heteroatoms. The molecule has 1 N–H and O–H groups in total. The predicted octanol–water partition coefficient (Wildman–Crippen LogP) is 3.32. The summed E-state index contributed by atoms with van der Waals surface area (Å²) in [7, 11) is 3.96. The lowest BCUT2D eigenvalue weighted by molar-refractivity contribution is -0.956. The van der Waals surface area contributed by atoms with Crippen LogP contribution >= 0.6 is 0 Å². The van der Waals surface area contributed by atoms with Gasteiger partial charge in [0.15, 0.2) is 0 Å². The van der Waals surface area contributed by atoms with Crippen molar-refractivity contribution in [1.82, 2.24) is 4.98 Å². The Kier molecular flexibility index (Phi) is 4.05. The number of nitrogens with zero attached hydrogens (tertiary/aromatic N) is 2. The standard InChI is InChI=1S/C21H27N2O2/c1-4-14-13-23(2)10-8-15(14)11-20(23)21(24)17-7-9-22-19-6-5-16(25-3)12-18(17)19/h4-7,9,12,14-15,20-21,24H,1,8,10-11,13H2,2-3H3/q+1/t14-,15+,20+,21+,23+/m1/s1. The maximum atomic E-state index is 11.3. The van der Waals surface area contributed by atoms with Crippen molar-refractivity contribution >= 4 is 10.9 Å². The molecule has 0 amide bonds. The van der Waals surface area contributed by atoms with Gasteiger partial charge < -0.3 is 14.3 Å². The number of aliphatic hydroxyl groups is 1. The summed E-state index contributed by atoms with van der Waals surface area (Å²) in [6, 6.07) is 8.06. The van der Waals surface area contributed by atoms with Crippen LogP contribution in [0.4, 0.5) is 0 Å². The number of methoxy groups -OCH3 is 1. The molecule has 3 aliphatic heterocycles. The van der Waals surface area contributed by atoms with Crippen molar-refractivity contribution in [2.45, 2.75) is 25.0 Å². The summed E-state index contributed by atoms with van der Waals surface area (Å²) in [6.45, 7) is 6.26. The van der Waals surface area contributed by atoms with Gasteiger partial charge in [-0.2, -0.15) is 0 Å². The SMILES string of the molecule is C=C[C@@H]1C[N@+]2(C)CC[C@H]1C[C@H]2[C@@H](O)c1ccnc2ccc(OC)cc12. The molecular weight excluding hydrogens is 312 g/mol. The minimum absolute atomic E-state index is 0.228. The molecule has 0 radical (unpaired) electrons. The smallest absolute Gasteiger partial charge is 0.131 e. The molecule has 1 aromatic carbocycles. The zero-order chi connectivity index (χ0) is 17.6. The van der Waals surface area contributed by atoms with Crippen LogP contribution in [0.25, 0.3) is 10.9 Å².